The van der Waals surface area contributed by atoms with E-state index in [2.05, 4.69) is 77.6 Å². The number of benzene rings is 5. The van der Waals surface area contributed by atoms with Crippen molar-refractivity contribution in [3.63, 3.8) is 0 Å². The Balaban J connectivity index is 1.51. The lowest BCUT2D eigenvalue weighted by Gasteiger charge is -2.12. The number of nitrogens with zero attached hydrogens (tertiary/aromatic N) is 1. The summed E-state index contributed by atoms with van der Waals surface area (Å²) in [6.07, 6.45) is 0. The molecule has 0 aliphatic heterocycles. The Morgan fingerprint density at radius 3 is 1.06 bits per heavy atom. The van der Waals surface area contributed by atoms with E-state index in [1.165, 1.54) is 22.3 Å². The summed E-state index contributed by atoms with van der Waals surface area (Å²) in [7, 11) is 0. The zero-order valence-electron chi connectivity index (χ0n) is 17.6. The normalized spacial score (nSPS) is 10.5. The molecule has 0 N–H and O–H groups in total. The highest BCUT2D eigenvalue weighted by Crippen LogP contribution is 2.40. The summed E-state index contributed by atoms with van der Waals surface area (Å²) in [5, 5.41) is 0. The third-order valence-corrected chi connectivity index (χ3v) is 5.75. The van der Waals surface area contributed by atoms with Crippen molar-refractivity contribution in [1.82, 2.24) is 0 Å². The summed E-state index contributed by atoms with van der Waals surface area (Å²) in [5.41, 5.74) is 9.45. The molecule has 5 rings (SSSR count). The van der Waals surface area contributed by atoms with Gasteiger partial charge in [0.25, 0.3) is 0 Å². The fourth-order valence-electron chi connectivity index (χ4n) is 4.08. The van der Waals surface area contributed by atoms with Crippen LogP contribution in [0.2, 0.25) is 0 Å². The molecule has 150 valence electrons. The lowest BCUT2D eigenvalue weighted by atomic mass is 9.94. The fraction of sp³-hybridized carbons (Fsp3) is 0. The molecule has 1 nitrogen and oxygen atoms in total. The Kier molecular flexibility index (Phi) is 5.35. The number of hydrogen-bond acceptors (Lipinski definition) is 0. The van der Waals surface area contributed by atoms with Crippen molar-refractivity contribution in [2.24, 2.45) is 0 Å². The van der Waals surface area contributed by atoms with Crippen molar-refractivity contribution < 1.29 is 0 Å². The van der Waals surface area contributed by atoms with E-state index in [9.17, 15) is 0 Å². The molecule has 0 aliphatic carbocycles. The molecule has 5 aromatic carbocycles. The van der Waals surface area contributed by atoms with E-state index < -0.39 is 0 Å². The van der Waals surface area contributed by atoms with Crippen LogP contribution in [0.15, 0.2) is 127 Å². The summed E-state index contributed by atoms with van der Waals surface area (Å²) in [6.45, 7) is 7.90. The molecule has 0 radical (unpaired) electrons. The monoisotopic (exact) mass is 407 g/mol. The van der Waals surface area contributed by atoms with Gasteiger partial charge >= 0.3 is 0 Å². The van der Waals surface area contributed by atoms with Crippen LogP contribution in [0, 0.1) is 6.57 Å². The van der Waals surface area contributed by atoms with Crippen molar-refractivity contribution in [3.05, 3.63) is 139 Å². The first-order chi connectivity index (χ1) is 15.8. The maximum absolute atomic E-state index is 7.90. The van der Waals surface area contributed by atoms with Gasteiger partial charge in [0.15, 0.2) is 0 Å². The minimum Gasteiger partial charge on any atom is -0.237 e. The van der Waals surface area contributed by atoms with Crippen molar-refractivity contribution in [2.75, 3.05) is 0 Å². The van der Waals surface area contributed by atoms with Crippen LogP contribution in [0.3, 0.4) is 0 Å². The van der Waals surface area contributed by atoms with Gasteiger partial charge in [0, 0.05) is 0 Å². The predicted molar refractivity (Wildman–Crippen MR) is 134 cm³/mol. The first-order valence-corrected chi connectivity index (χ1v) is 10.7. The molecule has 0 amide bonds. The third kappa shape index (κ3) is 3.83. The van der Waals surface area contributed by atoms with E-state index in [1.54, 1.807) is 0 Å². The van der Waals surface area contributed by atoms with Gasteiger partial charge in [-0.25, -0.2) is 4.85 Å². The summed E-state index contributed by atoms with van der Waals surface area (Å²) in [5.74, 6) is 0. The lowest BCUT2D eigenvalue weighted by molar-refractivity contribution is 1.57. The molecule has 0 aliphatic rings. The van der Waals surface area contributed by atoms with Gasteiger partial charge in [-0.15, -0.1) is 0 Å². The van der Waals surface area contributed by atoms with Crippen molar-refractivity contribution in [2.45, 2.75) is 0 Å². The molecular weight excluding hydrogens is 386 g/mol. The second-order valence-electron chi connectivity index (χ2n) is 7.70. The van der Waals surface area contributed by atoms with Crippen molar-refractivity contribution >= 4 is 5.69 Å². The molecule has 0 unspecified atom stereocenters. The number of para-hydroxylation sites is 1. The van der Waals surface area contributed by atoms with Crippen LogP contribution < -0.4 is 0 Å². The zero-order valence-corrected chi connectivity index (χ0v) is 17.6. The molecule has 1 heteroatoms. The van der Waals surface area contributed by atoms with Crippen LogP contribution in [-0.2, 0) is 0 Å². The summed E-state index contributed by atoms with van der Waals surface area (Å²) in [4.78, 5) is 3.93. The Bertz CT molecular complexity index is 1270. The van der Waals surface area contributed by atoms with Crippen LogP contribution in [0.4, 0.5) is 5.69 Å². The average Bonchev–Trinajstić information content (AvgIpc) is 2.89. The van der Waals surface area contributed by atoms with Crippen LogP contribution >= 0.6 is 0 Å². The van der Waals surface area contributed by atoms with Crippen molar-refractivity contribution in [3.8, 4) is 44.5 Å². The Morgan fingerprint density at radius 1 is 0.344 bits per heavy atom. The molecule has 32 heavy (non-hydrogen) atoms. The molecule has 0 spiro atoms. The summed E-state index contributed by atoms with van der Waals surface area (Å²) in [6, 6.07) is 43.7. The molecule has 0 fully saturated rings. The zero-order chi connectivity index (χ0) is 21.8. The maximum Gasteiger partial charge on any atom is 0.202 e. The standard InChI is InChI=1S/C31H21N/c1-32-31-29(27-19-15-25(16-20-27)23-9-4-2-5-10-23)13-8-14-30(31)28-21-17-26(18-22-28)24-11-6-3-7-12-24/h2-22H. The van der Waals surface area contributed by atoms with Gasteiger partial charge in [-0.3, -0.25) is 0 Å². The second kappa shape index (κ2) is 8.76. The molecule has 0 atom stereocenters. The van der Waals surface area contributed by atoms with Crippen LogP contribution in [-0.4, -0.2) is 0 Å². The van der Waals surface area contributed by atoms with E-state index in [4.69, 9.17) is 6.57 Å². The minimum absolute atomic E-state index is 0.687. The predicted octanol–water partition coefficient (Wildman–Crippen LogP) is 8.91. The smallest absolute Gasteiger partial charge is 0.202 e. The Labute approximate surface area is 189 Å². The number of rotatable bonds is 4. The highest BCUT2D eigenvalue weighted by Gasteiger charge is 2.12. The average molecular weight is 408 g/mol. The third-order valence-electron chi connectivity index (χ3n) is 5.75. The van der Waals surface area contributed by atoms with Crippen LogP contribution in [0.25, 0.3) is 49.4 Å². The Hall–Kier alpha value is -4.41. The maximum atomic E-state index is 7.90. The van der Waals surface area contributed by atoms with E-state index in [-0.39, 0.29) is 0 Å². The topological polar surface area (TPSA) is 4.36 Å². The molecule has 5 aromatic rings. The quantitative estimate of drug-likeness (QED) is 0.262. The lowest BCUT2D eigenvalue weighted by Crippen LogP contribution is -1.85. The van der Waals surface area contributed by atoms with E-state index in [0.29, 0.717) is 5.69 Å². The largest absolute Gasteiger partial charge is 0.237 e. The van der Waals surface area contributed by atoms with Crippen LogP contribution in [0.1, 0.15) is 0 Å². The number of hydrogen-bond donors (Lipinski definition) is 0. The summed E-state index contributed by atoms with van der Waals surface area (Å²) >= 11 is 0. The van der Waals surface area contributed by atoms with Gasteiger partial charge in [-0.05, 0) is 44.5 Å². The first-order valence-electron chi connectivity index (χ1n) is 10.7. The van der Waals surface area contributed by atoms with E-state index in [1.807, 2.05) is 54.6 Å². The van der Waals surface area contributed by atoms with Gasteiger partial charge in [0.05, 0.1) is 6.57 Å². The highest BCUT2D eigenvalue weighted by molar-refractivity contribution is 5.91. The first kappa shape index (κ1) is 19.5. The highest BCUT2D eigenvalue weighted by atomic mass is 14.7. The Morgan fingerprint density at radius 2 is 0.688 bits per heavy atom. The second-order valence-corrected chi connectivity index (χ2v) is 7.70. The van der Waals surface area contributed by atoms with Gasteiger partial charge in [-0.1, -0.05) is 127 Å². The fourth-order valence-corrected chi connectivity index (χ4v) is 4.08. The molecule has 0 saturated heterocycles. The molecule has 0 bridgehead atoms. The van der Waals surface area contributed by atoms with Crippen LogP contribution in [0.5, 0.6) is 0 Å². The van der Waals surface area contributed by atoms with Gasteiger partial charge in [0.1, 0.15) is 0 Å². The van der Waals surface area contributed by atoms with E-state index in [0.717, 1.165) is 22.3 Å². The van der Waals surface area contributed by atoms with Gasteiger partial charge in [-0.2, -0.15) is 0 Å². The van der Waals surface area contributed by atoms with Gasteiger partial charge in [0.2, 0.25) is 5.69 Å². The SMILES string of the molecule is [C-]#[N+]c1c(-c2ccc(-c3ccccc3)cc2)cccc1-c1ccc(-c2ccccc2)cc1. The molecule has 0 heterocycles. The molecule has 0 saturated carbocycles. The minimum atomic E-state index is 0.687. The summed E-state index contributed by atoms with van der Waals surface area (Å²) < 4.78 is 0. The molecule has 0 aromatic heterocycles. The molecular formula is C31H21N. The van der Waals surface area contributed by atoms with Crippen molar-refractivity contribution in [1.29, 1.82) is 0 Å². The van der Waals surface area contributed by atoms with E-state index >= 15 is 0 Å². The van der Waals surface area contributed by atoms with Gasteiger partial charge < -0.3 is 0 Å².